The summed E-state index contributed by atoms with van der Waals surface area (Å²) in [6, 6.07) is 0. The van der Waals surface area contributed by atoms with Gasteiger partial charge in [0.05, 0.1) is 5.16 Å². The van der Waals surface area contributed by atoms with E-state index in [0.29, 0.717) is 0 Å². The predicted octanol–water partition coefficient (Wildman–Crippen LogP) is 3.54. The van der Waals surface area contributed by atoms with Gasteiger partial charge in [0.25, 0.3) is 0 Å². The minimum Gasteiger partial charge on any atom is -0.679 e. The SMILES string of the molecule is N=C=S.[Cl][Co+2].[NH-]CC[NH-].[NH-]CC[NH-]. The van der Waals surface area contributed by atoms with Crippen molar-refractivity contribution in [2.24, 2.45) is 0 Å². The molecule has 13 heavy (non-hydrogen) atoms. The van der Waals surface area contributed by atoms with E-state index < -0.39 is 0 Å². The summed E-state index contributed by atoms with van der Waals surface area (Å²) in [5.74, 6) is 0. The van der Waals surface area contributed by atoms with Crippen molar-refractivity contribution in [3.05, 3.63) is 22.9 Å². The summed E-state index contributed by atoms with van der Waals surface area (Å²) in [5.41, 5.74) is 25.1. The van der Waals surface area contributed by atoms with Gasteiger partial charge >= 0.3 is 25.0 Å². The second-order valence-corrected chi connectivity index (χ2v) is 1.31. The Balaban J connectivity index is -0.0000000431. The van der Waals surface area contributed by atoms with Gasteiger partial charge in [-0.3, -0.25) is 0 Å². The molecule has 0 amide bonds. The van der Waals surface area contributed by atoms with Crippen molar-refractivity contribution in [2.45, 2.75) is 0 Å². The van der Waals surface area contributed by atoms with E-state index in [9.17, 15) is 0 Å². The molecular formula is C5H13ClCoN5S-2. The summed E-state index contributed by atoms with van der Waals surface area (Å²) in [6.07, 6.45) is 0. The Bertz CT molecular complexity index is 73.3. The van der Waals surface area contributed by atoms with E-state index in [4.69, 9.17) is 28.3 Å². The Morgan fingerprint density at radius 3 is 1.08 bits per heavy atom. The van der Waals surface area contributed by atoms with Crippen LogP contribution in [0.5, 0.6) is 0 Å². The van der Waals surface area contributed by atoms with Crippen LogP contribution in [-0.4, -0.2) is 31.3 Å². The van der Waals surface area contributed by atoms with Gasteiger partial charge in [0.15, 0.2) is 0 Å². The molecule has 0 rings (SSSR count). The molecule has 0 bridgehead atoms. The summed E-state index contributed by atoms with van der Waals surface area (Å²) < 4.78 is 0. The molecule has 0 saturated heterocycles. The van der Waals surface area contributed by atoms with Gasteiger partial charge in [-0.2, -0.15) is 26.2 Å². The largest absolute Gasteiger partial charge is 0.679 e. The van der Waals surface area contributed by atoms with Crippen molar-refractivity contribution in [2.75, 3.05) is 26.2 Å². The van der Waals surface area contributed by atoms with Crippen molar-refractivity contribution in [1.82, 2.24) is 0 Å². The Kier molecular flexibility index (Phi) is 98.8. The molecule has 82 valence electrons. The standard InChI is InChI=1S/2C2H6N2.CHNS.ClH.Co/c2*3-1-2-4;2-1-3;;/h2*3-4H,1-2H2;2H;1H;/q2*-2;;;+3/p-1. The Morgan fingerprint density at radius 1 is 1.00 bits per heavy atom. The maximum absolute atomic E-state index is 6.26. The maximum Gasteiger partial charge on any atom is -0.171 e. The van der Waals surface area contributed by atoms with Crippen LogP contribution in [0.15, 0.2) is 0 Å². The van der Waals surface area contributed by atoms with Gasteiger partial charge in [0.2, 0.25) is 0 Å². The van der Waals surface area contributed by atoms with Gasteiger partial charge in [0.1, 0.15) is 0 Å². The van der Waals surface area contributed by atoms with Crippen LogP contribution in [0.25, 0.3) is 22.9 Å². The van der Waals surface area contributed by atoms with Gasteiger partial charge in [-0.25, -0.2) is 5.41 Å². The first-order valence-corrected chi connectivity index (χ1v) is 4.83. The summed E-state index contributed by atoms with van der Waals surface area (Å²) >= 11 is 6.84. The second-order valence-electron chi connectivity index (χ2n) is 1.10. The van der Waals surface area contributed by atoms with Crippen LogP contribution in [-0.2, 0) is 14.8 Å². The molecule has 8 heteroatoms. The molecule has 0 unspecified atom stereocenters. The average Bonchev–Trinajstić information content (AvgIpc) is 2.22. The molecule has 0 heterocycles. The number of hydrogen-bond donors (Lipinski definition) is 1. The van der Waals surface area contributed by atoms with Crippen LogP contribution in [0.4, 0.5) is 0 Å². The summed E-state index contributed by atoms with van der Waals surface area (Å²) in [7, 11) is 4.33. The molecule has 0 aromatic rings. The van der Waals surface area contributed by atoms with E-state index in [1.807, 2.05) is 0 Å². The third kappa shape index (κ3) is 228. The fourth-order valence-electron chi connectivity index (χ4n) is 0. The topological polar surface area (TPSA) is 119 Å². The molecule has 0 atom stereocenters. The number of hydrogen-bond acceptors (Lipinski definition) is 2. The van der Waals surface area contributed by atoms with E-state index in [-0.39, 0.29) is 26.2 Å². The first kappa shape index (κ1) is 23.3. The average molecular weight is 270 g/mol. The molecule has 0 aliphatic carbocycles. The van der Waals surface area contributed by atoms with Gasteiger partial charge in [0, 0.05) is 0 Å². The van der Waals surface area contributed by atoms with Crippen LogP contribution >= 0.6 is 22.4 Å². The minimum atomic E-state index is 0.236. The van der Waals surface area contributed by atoms with Crippen LogP contribution < -0.4 is 0 Å². The van der Waals surface area contributed by atoms with Crippen LogP contribution in [0.2, 0.25) is 0 Å². The van der Waals surface area contributed by atoms with Gasteiger partial charge < -0.3 is 22.9 Å². The van der Waals surface area contributed by atoms with E-state index in [1.54, 1.807) is 5.16 Å². The molecule has 0 aromatic heterocycles. The summed E-state index contributed by atoms with van der Waals surface area (Å²) in [5, 5.41) is 7.36. The molecule has 5 nitrogen and oxygen atoms in total. The van der Waals surface area contributed by atoms with E-state index in [2.05, 4.69) is 37.2 Å². The van der Waals surface area contributed by atoms with Crippen molar-refractivity contribution >= 4 is 27.5 Å². The van der Waals surface area contributed by atoms with Crippen molar-refractivity contribution in [3.63, 3.8) is 0 Å². The first-order valence-electron chi connectivity index (χ1n) is 2.99. The molecular weight excluding hydrogens is 257 g/mol. The van der Waals surface area contributed by atoms with Gasteiger partial charge in [-0.1, -0.05) is 0 Å². The van der Waals surface area contributed by atoms with Crippen molar-refractivity contribution in [3.8, 4) is 0 Å². The Labute approximate surface area is 96.9 Å². The quantitative estimate of drug-likeness (QED) is 0.598. The normalized spacial score (nSPS) is 5.69. The van der Waals surface area contributed by atoms with E-state index in [0.717, 1.165) is 0 Å². The van der Waals surface area contributed by atoms with E-state index >= 15 is 0 Å². The minimum absolute atomic E-state index is 0.236. The van der Waals surface area contributed by atoms with Gasteiger partial charge in [-0.15, -0.1) is 0 Å². The molecule has 0 aromatic carbocycles. The number of rotatable bonds is 2. The molecule has 0 aliphatic heterocycles. The number of isothiocyanates is 1. The molecule has 0 spiro atoms. The zero-order valence-electron chi connectivity index (χ0n) is 6.95. The van der Waals surface area contributed by atoms with Crippen LogP contribution in [0.1, 0.15) is 0 Å². The maximum atomic E-state index is 6.26. The molecule has 0 saturated carbocycles. The zero-order chi connectivity index (χ0) is 11.5. The molecule has 0 radical (unpaired) electrons. The van der Waals surface area contributed by atoms with Crippen molar-refractivity contribution in [1.29, 1.82) is 5.41 Å². The van der Waals surface area contributed by atoms with Gasteiger partial charge in [-0.05, 0) is 12.2 Å². The summed E-state index contributed by atoms with van der Waals surface area (Å²) in [6.45, 7) is 0.944. The van der Waals surface area contributed by atoms with Crippen LogP contribution in [0, 0.1) is 5.41 Å². The third-order valence-corrected chi connectivity index (χ3v) is 0.250. The van der Waals surface area contributed by atoms with E-state index in [1.165, 1.54) is 0 Å². The first-order chi connectivity index (χ1) is 6.24. The smallest absolute Gasteiger partial charge is 0.171 e. The fraction of sp³-hybridized carbons (Fsp3) is 0.800. The van der Waals surface area contributed by atoms with Crippen molar-refractivity contribution < 1.29 is 14.8 Å². The molecule has 5 N–H and O–H groups in total. The monoisotopic (exact) mass is 269 g/mol. The molecule has 0 fully saturated rings. The predicted molar refractivity (Wildman–Crippen MR) is 57.9 cm³/mol. The third-order valence-electron chi connectivity index (χ3n) is 0.250. The fourth-order valence-corrected chi connectivity index (χ4v) is 0. The molecule has 0 aliphatic rings. The Hall–Kier alpha value is 0.436. The summed E-state index contributed by atoms with van der Waals surface area (Å²) in [4.78, 5) is 0. The number of thiocarbonyl (C=S) groups is 1. The Morgan fingerprint density at radius 2 is 1.08 bits per heavy atom. The number of halogens is 1. The second kappa shape index (κ2) is 55.0. The number of nitrogens with one attached hydrogen (secondary N) is 5. The zero-order valence-corrected chi connectivity index (χ0v) is 9.56. The van der Waals surface area contributed by atoms with Crippen LogP contribution in [0.3, 0.4) is 0 Å².